The Morgan fingerprint density at radius 2 is 1.79 bits per heavy atom. The first kappa shape index (κ1) is 24.4. The van der Waals surface area contributed by atoms with Gasteiger partial charge in [-0.25, -0.2) is 12.7 Å². The highest BCUT2D eigenvalue weighted by molar-refractivity contribution is 7.99. The Bertz CT molecular complexity index is 1200. The van der Waals surface area contributed by atoms with Crippen molar-refractivity contribution in [3.63, 3.8) is 0 Å². The molecule has 1 aliphatic rings. The zero-order valence-corrected chi connectivity index (χ0v) is 20.8. The third-order valence-electron chi connectivity index (χ3n) is 5.82. The molecule has 1 saturated heterocycles. The molecule has 10 heteroatoms. The quantitative estimate of drug-likeness (QED) is 0.453. The molecule has 1 fully saturated rings. The van der Waals surface area contributed by atoms with Crippen LogP contribution >= 0.6 is 11.8 Å². The maximum Gasteiger partial charge on any atom is 0.234 e. The highest BCUT2D eigenvalue weighted by Crippen LogP contribution is 2.30. The number of hydrogen-bond donors (Lipinski definition) is 1. The molecule has 0 saturated carbocycles. The fourth-order valence-corrected chi connectivity index (χ4v) is 5.79. The predicted molar refractivity (Wildman–Crippen MR) is 134 cm³/mol. The molecule has 0 bridgehead atoms. The number of carbonyl (C=O) groups excluding carboxylic acids is 1. The van der Waals surface area contributed by atoms with E-state index in [9.17, 15) is 13.2 Å². The summed E-state index contributed by atoms with van der Waals surface area (Å²) in [5.41, 5.74) is 1.95. The molecule has 0 aliphatic carbocycles. The molecule has 1 N–H and O–H groups in total. The van der Waals surface area contributed by atoms with Crippen molar-refractivity contribution in [1.29, 1.82) is 0 Å². The Balaban J connectivity index is 1.51. The number of nitrogens with zero attached hydrogens (tertiary/aromatic N) is 4. The van der Waals surface area contributed by atoms with Gasteiger partial charge in [-0.3, -0.25) is 4.79 Å². The van der Waals surface area contributed by atoms with E-state index in [1.54, 1.807) is 0 Å². The Kier molecular flexibility index (Phi) is 8.02. The van der Waals surface area contributed by atoms with Gasteiger partial charge in [-0.15, -0.1) is 10.2 Å². The van der Waals surface area contributed by atoms with E-state index in [1.807, 2.05) is 48.5 Å². The van der Waals surface area contributed by atoms with E-state index in [-0.39, 0.29) is 17.6 Å². The second-order valence-electron chi connectivity index (χ2n) is 8.39. The van der Waals surface area contributed by atoms with Gasteiger partial charge < -0.3 is 9.88 Å². The molecule has 0 spiro atoms. The van der Waals surface area contributed by atoms with Crippen LogP contribution in [0.25, 0.3) is 0 Å². The molecule has 2 aromatic carbocycles. The number of para-hydroxylation sites is 1. The number of aromatic nitrogens is 3. The molecule has 2 heterocycles. The second-order valence-corrected chi connectivity index (χ2v) is 11.3. The van der Waals surface area contributed by atoms with Crippen molar-refractivity contribution < 1.29 is 13.2 Å². The molecule has 1 atom stereocenters. The van der Waals surface area contributed by atoms with E-state index in [4.69, 9.17) is 0 Å². The monoisotopic (exact) mass is 499 g/mol. The normalized spacial score (nSPS) is 16.9. The van der Waals surface area contributed by atoms with E-state index in [1.165, 1.54) is 27.9 Å². The van der Waals surface area contributed by atoms with Gasteiger partial charge in [0, 0.05) is 31.2 Å². The summed E-state index contributed by atoms with van der Waals surface area (Å²) in [6.07, 6.45) is 3.68. The number of thioether (sulfide) groups is 1. The molecule has 1 aromatic heterocycles. The zero-order valence-electron chi connectivity index (χ0n) is 19.1. The average molecular weight is 500 g/mol. The van der Waals surface area contributed by atoms with E-state index in [0.717, 1.165) is 30.8 Å². The van der Waals surface area contributed by atoms with Gasteiger partial charge in [0.05, 0.1) is 12.0 Å². The topological polar surface area (TPSA) is 97.2 Å². The van der Waals surface area contributed by atoms with Crippen molar-refractivity contribution in [2.24, 2.45) is 0 Å². The van der Waals surface area contributed by atoms with Crippen molar-refractivity contribution in [2.75, 3.05) is 30.4 Å². The van der Waals surface area contributed by atoms with Gasteiger partial charge in [-0.05, 0) is 37.0 Å². The molecular weight excluding hydrogens is 470 g/mol. The van der Waals surface area contributed by atoms with E-state index in [0.29, 0.717) is 24.8 Å². The number of anilines is 1. The fraction of sp³-hybridized carbons (Fsp3) is 0.375. The Morgan fingerprint density at radius 3 is 2.50 bits per heavy atom. The van der Waals surface area contributed by atoms with Crippen LogP contribution in [0.3, 0.4) is 0 Å². The number of hydrogen-bond acceptors (Lipinski definition) is 6. The lowest BCUT2D eigenvalue weighted by molar-refractivity contribution is -0.113. The van der Waals surface area contributed by atoms with Crippen LogP contribution < -0.4 is 5.32 Å². The number of aryl methyl sites for hydroxylation is 1. The number of amides is 1. The molecular formula is C24H29N5O3S2. The number of nitrogens with one attached hydrogen (secondary N) is 1. The van der Waals surface area contributed by atoms with Gasteiger partial charge in [0.25, 0.3) is 0 Å². The Hall–Kier alpha value is -2.69. The first-order valence-electron chi connectivity index (χ1n) is 11.3. The highest BCUT2D eigenvalue weighted by atomic mass is 32.2. The number of piperidine rings is 1. The van der Waals surface area contributed by atoms with E-state index >= 15 is 0 Å². The lowest BCUT2D eigenvalue weighted by Crippen LogP contribution is -2.39. The van der Waals surface area contributed by atoms with Gasteiger partial charge >= 0.3 is 0 Å². The standard InChI is InChI=1S/C24H29N5O3S2/c1-34(31,32)28-15-8-11-20(17-28)23-26-27-24(29(23)16-14-19-9-4-2-5-10-19)33-18-22(30)25-21-12-6-3-7-13-21/h2-7,9-10,12-13,20H,8,11,14-18H2,1H3,(H,25,30)/t20-/m1/s1. The van der Waals surface area contributed by atoms with Crippen molar-refractivity contribution in [3.05, 3.63) is 72.1 Å². The molecule has 4 rings (SSSR count). The van der Waals surface area contributed by atoms with Crippen LogP contribution in [0.2, 0.25) is 0 Å². The molecule has 180 valence electrons. The summed E-state index contributed by atoms with van der Waals surface area (Å²) < 4.78 is 27.8. The smallest absolute Gasteiger partial charge is 0.234 e. The van der Waals surface area contributed by atoms with E-state index < -0.39 is 10.0 Å². The van der Waals surface area contributed by atoms with Crippen LogP contribution in [0.1, 0.15) is 30.1 Å². The van der Waals surface area contributed by atoms with Gasteiger partial charge in [0.1, 0.15) is 5.82 Å². The number of sulfonamides is 1. The van der Waals surface area contributed by atoms with Gasteiger partial charge in [0.15, 0.2) is 5.16 Å². The van der Waals surface area contributed by atoms with Crippen LogP contribution in [0.5, 0.6) is 0 Å². The number of carbonyl (C=O) groups is 1. The highest BCUT2D eigenvalue weighted by Gasteiger charge is 2.30. The first-order chi connectivity index (χ1) is 16.4. The van der Waals surface area contributed by atoms with Crippen LogP contribution in [0.15, 0.2) is 65.8 Å². The lowest BCUT2D eigenvalue weighted by atomic mass is 9.98. The maximum atomic E-state index is 12.5. The van der Waals surface area contributed by atoms with Crippen molar-refractivity contribution in [2.45, 2.75) is 36.9 Å². The molecule has 8 nitrogen and oxygen atoms in total. The summed E-state index contributed by atoms with van der Waals surface area (Å²) in [6, 6.07) is 19.5. The molecule has 3 aromatic rings. The minimum atomic E-state index is -3.26. The summed E-state index contributed by atoms with van der Waals surface area (Å²) in [4.78, 5) is 12.5. The molecule has 34 heavy (non-hydrogen) atoms. The Morgan fingerprint density at radius 1 is 1.09 bits per heavy atom. The van der Waals surface area contributed by atoms with Gasteiger partial charge in [-0.2, -0.15) is 0 Å². The SMILES string of the molecule is CS(=O)(=O)N1CCC[C@@H](c2nnc(SCC(=O)Nc3ccccc3)n2CCc2ccccc2)C1. The second kappa shape index (κ2) is 11.2. The molecule has 1 amide bonds. The van der Waals surface area contributed by atoms with Crippen molar-refractivity contribution in [3.8, 4) is 0 Å². The van der Waals surface area contributed by atoms with Gasteiger partial charge in [0.2, 0.25) is 15.9 Å². The van der Waals surface area contributed by atoms with Crippen LogP contribution in [-0.4, -0.2) is 58.5 Å². The molecule has 1 aliphatic heterocycles. The summed E-state index contributed by atoms with van der Waals surface area (Å²) in [7, 11) is -3.26. The Labute approximate surface area is 204 Å². The van der Waals surface area contributed by atoms with Crippen molar-refractivity contribution >= 4 is 33.4 Å². The third-order valence-corrected chi connectivity index (χ3v) is 8.06. The maximum absolute atomic E-state index is 12.5. The lowest BCUT2D eigenvalue weighted by Gasteiger charge is -2.30. The first-order valence-corrected chi connectivity index (χ1v) is 14.1. The largest absolute Gasteiger partial charge is 0.325 e. The number of benzene rings is 2. The summed E-state index contributed by atoms with van der Waals surface area (Å²) in [5.74, 6) is 0.851. The van der Waals surface area contributed by atoms with Gasteiger partial charge in [-0.1, -0.05) is 60.3 Å². The zero-order chi connectivity index (χ0) is 24.0. The van der Waals surface area contributed by atoms with E-state index in [2.05, 4.69) is 32.2 Å². The number of rotatable bonds is 9. The van der Waals surface area contributed by atoms with Crippen molar-refractivity contribution in [1.82, 2.24) is 19.1 Å². The summed E-state index contributed by atoms with van der Waals surface area (Å²) in [6.45, 7) is 1.60. The average Bonchev–Trinajstić information content (AvgIpc) is 3.25. The summed E-state index contributed by atoms with van der Waals surface area (Å²) >= 11 is 1.35. The third kappa shape index (κ3) is 6.46. The minimum Gasteiger partial charge on any atom is -0.325 e. The predicted octanol–water partition coefficient (Wildman–Crippen LogP) is 3.39. The molecule has 0 radical (unpaired) electrons. The van der Waals surface area contributed by atoms with Crippen LogP contribution in [0, 0.1) is 0 Å². The fourth-order valence-electron chi connectivity index (χ4n) is 4.11. The summed E-state index contributed by atoms with van der Waals surface area (Å²) in [5, 5.41) is 12.4. The minimum absolute atomic E-state index is 0.0285. The van der Waals surface area contributed by atoms with Crippen LogP contribution in [0.4, 0.5) is 5.69 Å². The van der Waals surface area contributed by atoms with Crippen LogP contribution in [-0.2, 0) is 27.8 Å². The molecule has 0 unspecified atom stereocenters.